The third kappa shape index (κ3) is 3.43. The smallest absolute Gasteiger partial charge is 0.321 e. The van der Waals surface area contributed by atoms with Gasteiger partial charge in [-0.3, -0.25) is 4.79 Å². The van der Waals surface area contributed by atoms with Crippen molar-refractivity contribution in [2.45, 2.75) is 10.9 Å². The zero-order valence-electron chi connectivity index (χ0n) is 9.16. The van der Waals surface area contributed by atoms with E-state index in [2.05, 4.69) is 0 Å². The molecule has 0 aromatic heterocycles. The Bertz CT molecular complexity index is 494. The normalized spacial score (nSPS) is 13.1. The van der Waals surface area contributed by atoms with E-state index in [1.165, 1.54) is 31.4 Å². The molecule has 0 heterocycles. The van der Waals surface area contributed by atoms with Gasteiger partial charge in [0.15, 0.2) is 9.84 Å². The molecule has 0 saturated carbocycles. The highest BCUT2D eigenvalue weighted by atomic mass is 32.2. The van der Waals surface area contributed by atoms with Crippen LogP contribution in [0.25, 0.3) is 0 Å². The Morgan fingerprint density at radius 3 is 2.35 bits per heavy atom. The summed E-state index contributed by atoms with van der Waals surface area (Å²) in [5.74, 6) is -1.46. The quantitative estimate of drug-likeness (QED) is 0.763. The molecule has 1 unspecified atom stereocenters. The van der Waals surface area contributed by atoms with Crippen LogP contribution in [-0.2, 0) is 14.6 Å². The van der Waals surface area contributed by atoms with E-state index in [0.29, 0.717) is 5.75 Å². The van der Waals surface area contributed by atoms with E-state index in [0.717, 1.165) is 0 Å². The molecule has 0 spiro atoms. The van der Waals surface area contributed by atoms with Crippen LogP contribution >= 0.6 is 0 Å². The Morgan fingerprint density at radius 1 is 1.41 bits per heavy atom. The van der Waals surface area contributed by atoms with E-state index in [1.54, 1.807) is 0 Å². The minimum atomic E-state index is -3.69. The number of benzene rings is 1. The average Bonchev–Trinajstić information content (AvgIpc) is 2.28. The molecule has 0 aliphatic heterocycles. The lowest BCUT2D eigenvalue weighted by atomic mass is 10.3. The Labute approximate surface area is 98.9 Å². The molecule has 6 nitrogen and oxygen atoms in total. The maximum absolute atomic E-state index is 11.8. The van der Waals surface area contributed by atoms with Crippen LogP contribution in [-0.4, -0.2) is 38.4 Å². The zero-order chi connectivity index (χ0) is 13.1. The van der Waals surface area contributed by atoms with Crippen LogP contribution in [0.1, 0.15) is 0 Å². The highest BCUT2D eigenvalue weighted by Crippen LogP contribution is 2.17. The standard InChI is InChI=1S/C10H13NO5S/c1-16-7-2-4-8(5-3-7)17(14,15)6-9(11)10(12)13/h2-5,9H,6,11H2,1H3,(H,12,13). The fraction of sp³-hybridized carbons (Fsp3) is 0.300. The molecule has 94 valence electrons. The predicted octanol–water partition coefficient (Wildman–Crippen LogP) is -0.119. The van der Waals surface area contributed by atoms with Gasteiger partial charge in [0, 0.05) is 0 Å². The largest absolute Gasteiger partial charge is 0.497 e. The van der Waals surface area contributed by atoms with Gasteiger partial charge in [0.25, 0.3) is 0 Å². The number of methoxy groups -OCH3 is 1. The minimum absolute atomic E-state index is 0.0231. The van der Waals surface area contributed by atoms with Crippen molar-refractivity contribution in [2.75, 3.05) is 12.9 Å². The number of hydrogen-bond acceptors (Lipinski definition) is 5. The molecule has 0 aliphatic rings. The number of nitrogens with two attached hydrogens (primary N) is 1. The molecule has 17 heavy (non-hydrogen) atoms. The first-order valence-corrected chi connectivity index (χ1v) is 6.37. The second kappa shape index (κ2) is 5.15. The van der Waals surface area contributed by atoms with Gasteiger partial charge in [-0.2, -0.15) is 0 Å². The van der Waals surface area contributed by atoms with Gasteiger partial charge in [0.2, 0.25) is 0 Å². The van der Waals surface area contributed by atoms with Gasteiger partial charge < -0.3 is 15.6 Å². The molecule has 1 aromatic carbocycles. The van der Waals surface area contributed by atoms with Crippen LogP contribution in [0.3, 0.4) is 0 Å². The van der Waals surface area contributed by atoms with Gasteiger partial charge in [-0.05, 0) is 24.3 Å². The summed E-state index contributed by atoms with van der Waals surface area (Å²) in [4.78, 5) is 10.5. The highest BCUT2D eigenvalue weighted by Gasteiger charge is 2.23. The molecular weight excluding hydrogens is 246 g/mol. The van der Waals surface area contributed by atoms with Crippen molar-refractivity contribution < 1.29 is 23.1 Å². The molecule has 7 heteroatoms. The molecule has 0 bridgehead atoms. The summed E-state index contributed by atoms with van der Waals surface area (Å²) in [6.07, 6.45) is 0. The number of rotatable bonds is 5. The Morgan fingerprint density at radius 2 is 1.94 bits per heavy atom. The Hall–Kier alpha value is -1.60. The number of aliphatic carboxylic acids is 1. The van der Waals surface area contributed by atoms with Gasteiger partial charge >= 0.3 is 5.97 Å². The van der Waals surface area contributed by atoms with E-state index in [1.807, 2.05) is 0 Å². The third-order valence-electron chi connectivity index (χ3n) is 2.13. The third-order valence-corrected chi connectivity index (χ3v) is 3.92. The van der Waals surface area contributed by atoms with Gasteiger partial charge in [0.05, 0.1) is 17.8 Å². The van der Waals surface area contributed by atoms with Crippen molar-refractivity contribution >= 4 is 15.8 Å². The highest BCUT2D eigenvalue weighted by molar-refractivity contribution is 7.91. The molecule has 3 N–H and O–H groups in total. The van der Waals surface area contributed by atoms with E-state index in [4.69, 9.17) is 15.6 Å². The number of carboxylic acid groups (broad SMARTS) is 1. The van der Waals surface area contributed by atoms with Crippen LogP contribution in [0.15, 0.2) is 29.2 Å². The van der Waals surface area contributed by atoms with Crippen molar-refractivity contribution in [3.8, 4) is 5.75 Å². The van der Waals surface area contributed by atoms with E-state index < -0.39 is 27.6 Å². The topological polar surface area (TPSA) is 107 Å². The van der Waals surface area contributed by atoms with Crippen LogP contribution in [0.2, 0.25) is 0 Å². The SMILES string of the molecule is COc1ccc(S(=O)(=O)CC(N)C(=O)O)cc1. The first-order valence-electron chi connectivity index (χ1n) is 4.72. The van der Waals surface area contributed by atoms with Crippen LogP contribution in [0, 0.1) is 0 Å². The van der Waals surface area contributed by atoms with Crippen LogP contribution < -0.4 is 10.5 Å². The van der Waals surface area contributed by atoms with Crippen molar-refractivity contribution in [1.82, 2.24) is 0 Å². The molecule has 0 amide bonds. The van der Waals surface area contributed by atoms with Crippen molar-refractivity contribution in [3.63, 3.8) is 0 Å². The summed E-state index contributed by atoms with van der Waals surface area (Å²) < 4.78 is 28.4. The summed E-state index contributed by atoms with van der Waals surface area (Å²) in [5.41, 5.74) is 5.19. The molecule has 1 atom stereocenters. The maximum atomic E-state index is 11.8. The monoisotopic (exact) mass is 259 g/mol. The summed E-state index contributed by atoms with van der Waals surface area (Å²) in [6, 6.07) is 4.24. The summed E-state index contributed by atoms with van der Waals surface area (Å²) in [7, 11) is -2.23. The first kappa shape index (κ1) is 13.5. The molecule has 0 aliphatic carbocycles. The first-order chi connectivity index (χ1) is 7.86. The molecule has 0 saturated heterocycles. The van der Waals surface area contributed by atoms with Gasteiger partial charge in [-0.15, -0.1) is 0 Å². The van der Waals surface area contributed by atoms with Crippen molar-refractivity contribution in [3.05, 3.63) is 24.3 Å². The fourth-order valence-corrected chi connectivity index (χ4v) is 2.55. The molecule has 1 rings (SSSR count). The van der Waals surface area contributed by atoms with Gasteiger partial charge in [-0.25, -0.2) is 8.42 Å². The Balaban J connectivity index is 2.93. The van der Waals surface area contributed by atoms with Gasteiger partial charge in [0.1, 0.15) is 11.8 Å². The number of hydrogen-bond donors (Lipinski definition) is 2. The molecular formula is C10H13NO5S. The van der Waals surface area contributed by atoms with Crippen LogP contribution in [0.4, 0.5) is 0 Å². The van der Waals surface area contributed by atoms with Crippen molar-refractivity contribution in [1.29, 1.82) is 0 Å². The van der Waals surface area contributed by atoms with Crippen LogP contribution in [0.5, 0.6) is 5.75 Å². The lowest BCUT2D eigenvalue weighted by molar-refractivity contribution is -0.137. The number of ether oxygens (including phenoxy) is 1. The predicted molar refractivity (Wildman–Crippen MR) is 60.7 cm³/mol. The average molecular weight is 259 g/mol. The molecule has 0 radical (unpaired) electrons. The lowest BCUT2D eigenvalue weighted by Crippen LogP contribution is -2.37. The number of carboxylic acids is 1. The fourth-order valence-electron chi connectivity index (χ4n) is 1.19. The maximum Gasteiger partial charge on any atom is 0.321 e. The number of carbonyl (C=O) groups is 1. The number of sulfone groups is 1. The molecule has 0 fully saturated rings. The summed E-state index contributed by atoms with van der Waals surface area (Å²) >= 11 is 0. The summed E-state index contributed by atoms with van der Waals surface area (Å²) in [5, 5.41) is 8.56. The van der Waals surface area contributed by atoms with E-state index >= 15 is 0 Å². The van der Waals surface area contributed by atoms with E-state index in [-0.39, 0.29) is 4.90 Å². The zero-order valence-corrected chi connectivity index (χ0v) is 9.98. The Kier molecular flexibility index (Phi) is 4.08. The van der Waals surface area contributed by atoms with Crippen molar-refractivity contribution in [2.24, 2.45) is 5.73 Å². The summed E-state index contributed by atoms with van der Waals surface area (Å²) in [6.45, 7) is 0. The second-order valence-corrected chi connectivity index (χ2v) is 5.44. The lowest BCUT2D eigenvalue weighted by Gasteiger charge is -2.08. The van der Waals surface area contributed by atoms with Gasteiger partial charge in [-0.1, -0.05) is 0 Å². The molecule has 1 aromatic rings. The van der Waals surface area contributed by atoms with E-state index in [9.17, 15) is 13.2 Å². The second-order valence-electron chi connectivity index (χ2n) is 3.40. The minimum Gasteiger partial charge on any atom is -0.497 e.